The summed E-state index contributed by atoms with van der Waals surface area (Å²) >= 11 is 0. The molecule has 118 valence electrons. The van der Waals surface area contributed by atoms with E-state index >= 15 is 0 Å². The fourth-order valence-corrected chi connectivity index (χ4v) is 2.52. The molecule has 2 aromatic carbocycles. The van der Waals surface area contributed by atoms with Gasteiger partial charge in [-0.3, -0.25) is 0 Å². The molecular formula is C20H26O2. The number of hydrogen-bond acceptors (Lipinski definition) is 2. The van der Waals surface area contributed by atoms with Crippen LogP contribution in [0.5, 0.6) is 0 Å². The number of hydrogen-bond donors (Lipinski definition) is 2. The summed E-state index contributed by atoms with van der Waals surface area (Å²) in [6.45, 7) is 8.04. The van der Waals surface area contributed by atoms with Gasteiger partial charge in [0.05, 0.1) is 12.2 Å². The standard InChI is InChI=1S/C20H26O2/c1-13(2)19(21)17-9-5-15(6-10-17)16-7-11-18(12-8-16)20(22)14(3)4/h5-14,19-22H,1-4H3. The Labute approximate surface area is 133 Å². The highest BCUT2D eigenvalue weighted by atomic mass is 16.3. The van der Waals surface area contributed by atoms with Crippen LogP contribution in [0.4, 0.5) is 0 Å². The summed E-state index contributed by atoms with van der Waals surface area (Å²) in [5, 5.41) is 20.2. The third-order valence-corrected chi connectivity index (χ3v) is 4.10. The minimum Gasteiger partial charge on any atom is -0.388 e. The van der Waals surface area contributed by atoms with Crippen LogP contribution in [0, 0.1) is 11.8 Å². The largest absolute Gasteiger partial charge is 0.388 e. The van der Waals surface area contributed by atoms with Crippen LogP contribution in [-0.2, 0) is 0 Å². The molecule has 0 saturated carbocycles. The van der Waals surface area contributed by atoms with Crippen molar-refractivity contribution < 1.29 is 10.2 Å². The summed E-state index contributed by atoms with van der Waals surface area (Å²) in [5.41, 5.74) is 4.13. The Bertz CT molecular complexity index is 527. The zero-order chi connectivity index (χ0) is 16.3. The monoisotopic (exact) mass is 298 g/mol. The van der Waals surface area contributed by atoms with Crippen molar-refractivity contribution in [2.45, 2.75) is 39.9 Å². The lowest BCUT2D eigenvalue weighted by Crippen LogP contribution is -2.05. The van der Waals surface area contributed by atoms with Crippen molar-refractivity contribution in [2.75, 3.05) is 0 Å². The summed E-state index contributed by atoms with van der Waals surface area (Å²) in [4.78, 5) is 0. The fraction of sp³-hybridized carbons (Fsp3) is 0.400. The molecule has 0 aliphatic heterocycles. The molecule has 0 aliphatic carbocycles. The zero-order valence-electron chi connectivity index (χ0n) is 13.8. The molecule has 22 heavy (non-hydrogen) atoms. The predicted octanol–water partition coefficient (Wildman–Crippen LogP) is 4.73. The van der Waals surface area contributed by atoms with Gasteiger partial charge in [-0.1, -0.05) is 76.2 Å². The Kier molecular flexibility index (Phi) is 5.38. The molecule has 2 N–H and O–H groups in total. The Morgan fingerprint density at radius 2 is 0.818 bits per heavy atom. The maximum atomic E-state index is 10.1. The first-order valence-corrected chi connectivity index (χ1v) is 7.96. The highest BCUT2D eigenvalue weighted by Crippen LogP contribution is 2.27. The van der Waals surface area contributed by atoms with Crippen molar-refractivity contribution in [1.29, 1.82) is 0 Å². The van der Waals surface area contributed by atoms with Gasteiger partial charge in [-0.05, 0) is 34.1 Å². The number of aliphatic hydroxyl groups excluding tert-OH is 2. The second kappa shape index (κ2) is 7.08. The van der Waals surface area contributed by atoms with E-state index in [1.54, 1.807) is 0 Å². The van der Waals surface area contributed by atoms with Crippen LogP contribution in [0.1, 0.15) is 51.0 Å². The smallest absolute Gasteiger partial charge is 0.0812 e. The van der Waals surface area contributed by atoms with Gasteiger partial charge in [-0.15, -0.1) is 0 Å². The minimum atomic E-state index is -0.419. The second-order valence-corrected chi connectivity index (χ2v) is 6.62. The van der Waals surface area contributed by atoms with Crippen LogP contribution in [0.2, 0.25) is 0 Å². The highest BCUT2D eigenvalue weighted by Gasteiger charge is 2.13. The van der Waals surface area contributed by atoms with Gasteiger partial charge in [0.2, 0.25) is 0 Å². The van der Waals surface area contributed by atoms with Crippen molar-refractivity contribution in [2.24, 2.45) is 11.8 Å². The fourth-order valence-electron chi connectivity index (χ4n) is 2.52. The van der Waals surface area contributed by atoms with Crippen LogP contribution in [0.15, 0.2) is 48.5 Å². The lowest BCUT2D eigenvalue weighted by molar-refractivity contribution is 0.127. The topological polar surface area (TPSA) is 40.5 Å². The van der Waals surface area contributed by atoms with Gasteiger partial charge < -0.3 is 10.2 Å². The van der Waals surface area contributed by atoms with Crippen molar-refractivity contribution in [3.05, 3.63) is 59.7 Å². The molecule has 0 aliphatic rings. The van der Waals surface area contributed by atoms with Crippen LogP contribution >= 0.6 is 0 Å². The molecule has 0 aromatic heterocycles. The van der Waals surface area contributed by atoms with Crippen molar-refractivity contribution >= 4 is 0 Å². The van der Waals surface area contributed by atoms with Crippen LogP contribution in [0.3, 0.4) is 0 Å². The summed E-state index contributed by atoms with van der Waals surface area (Å²) in [6.07, 6.45) is -0.838. The van der Waals surface area contributed by atoms with E-state index in [2.05, 4.69) is 0 Å². The van der Waals surface area contributed by atoms with E-state index in [1.165, 1.54) is 0 Å². The van der Waals surface area contributed by atoms with Crippen molar-refractivity contribution in [3.63, 3.8) is 0 Å². The lowest BCUT2D eigenvalue weighted by atomic mass is 9.94. The quantitative estimate of drug-likeness (QED) is 0.837. The number of aliphatic hydroxyl groups is 2. The first-order chi connectivity index (χ1) is 10.4. The Hall–Kier alpha value is -1.64. The van der Waals surface area contributed by atoms with E-state index < -0.39 is 12.2 Å². The van der Waals surface area contributed by atoms with Crippen LogP contribution in [0.25, 0.3) is 11.1 Å². The van der Waals surface area contributed by atoms with Crippen LogP contribution < -0.4 is 0 Å². The number of rotatable bonds is 5. The molecule has 2 heteroatoms. The van der Waals surface area contributed by atoms with E-state index in [9.17, 15) is 10.2 Å². The zero-order valence-corrected chi connectivity index (χ0v) is 13.8. The van der Waals surface area contributed by atoms with Gasteiger partial charge in [0.1, 0.15) is 0 Å². The van der Waals surface area contributed by atoms with E-state index in [-0.39, 0.29) is 11.8 Å². The van der Waals surface area contributed by atoms with Crippen molar-refractivity contribution in [1.82, 2.24) is 0 Å². The van der Waals surface area contributed by atoms with Gasteiger partial charge in [0, 0.05) is 0 Å². The molecule has 2 unspecified atom stereocenters. The Morgan fingerprint density at radius 1 is 0.545 bits per heavy atom. The molecule has 0 bridgehead atoms. The third-order valence-electron chi connectivity index (χ3n) is 4.10. The maximum absolute atomic E-state index is 10.1. The van der Waals surface area contributed by atoms with E-state index in [1.807, 2.05) is 76.2 Å². The molecule has 2 rings (SSSR count). The minimum absolute atomic E-state index is 0.211. The molecule has 0 saturated heterocycles. The maximum Gasteiger partial charge on any atom is 0.0812 e. The summed E-state index contributed by atoms with van der Waals surface area (Å²) in [7, 11) is 0. The summed E-state index contributed by atoms with van der Waals surface area (Å²) in [5.74, 6) is 0.422. The summed E-state index contributed by atoms with van der Waals surface area (Å²) in [6, 6.07) is 16.1. The average molecular weight is 298 g/mol. The van der Waals surface area contributed by atoms with E-state index in [0.29, 0.717) is 0 Å². The molecule has 0 fully saturated rings. The van der Waals surface area contributed by atoms with E-state index in [0.717, 1.165) is 22.3 Å². The first-order valence-electron chi connectivity index (χ1n) is 7.96. The highest BCUT2D eigenvalue weighted by molar-refractivity contribution is 5.64. The molecular weight excluding hydrogens is 272 g/mol. The van der Waals surface area contributed by atoms with Gasteiger partial charge in [-0.25, -0.2) is 0 Å². The third kappa shape index (κ3) is 3.76. The number of benzene rings is 2. The predicted molar refractivity (Wildman–Crippen MR) is 91.5 cm³/mol. The summed E-state index contributed by atoms with van der Waals surface area (Å²) < 4.78 is 0. The molecule has 0 heterocycles. The normalized spacial score (nSPS) is 14.4. The van der Waals surface area contributed by atoms with Crippen LogP contribution in [-0.4, -0.2) is 10.2 Å². The molecule has 0 amide bonds. The molecule has 0 radical (unpaired) electrons. The SMILES string of the molecule is CC(C)C(O)c1ccc(-c2ccc(C(O)C(C)C)cc2)cc1. The van der Waals surface area contributed by atoms with Gasteiger partial charge >= 0.3 is 0 Å². The van der Waals surface area contributed by atoms with Gasteiger partial charge in [0.25, 0.3) is 0 Å². The first kappa shape index (κ1) is 16.7. The Morgan fingerprint density at radius 3 is 1.05 bits per heavy atom. The molecule has 2 nitrogen and oxygen atoms in total. The van der Waals surface area contributed by atoms with Gasteiger partial charge in [0.15, 0.2) is 0 Å². The average Bonchev–Trinajstić information content (AvgIpc) is 2.53. The second-order valence-electron chi connectivity index (χ2n) is 6.62. The van der Waals surface area contributed by atoms with Crippen molar-refractivity contribution in [3.8, 4) is 11.1 Å². The molecule has 2 atom stereocenters. The Balaban J connectivity index is 2.18. The lowest BCUT2D eigenvalue weighted by Gasteiger charge is -2.16. The van der Waals surface area contributed by atoms with E-state index in [4.69, 9.17) is 0 Å². The van der Waals surface area contributed by atoms with Gasteiger partial charge in [-0.2, -0.15) is 0 Å². The molecule has 0 spiro atoms. The molecule has 2 aromatic rings.